The molecule has 0 aliphatic carbocycles. The average molecular weight is 352 g/mol. The van der Waals surface area contributed by atoms with Crippen LogP contribution in [0.15, 0.2) is 24.3 Å². The van der Waals surface area contributed by atoms with Crippen LogP contribution in [0.1, 0.15) is 19.8 Å². The van der Waals surface area contributed by atoms with Crippen molar-refractivity contribution in [2.24, 2.45) is 0 Å². The molecule has 0 spiro atoms. The minimum absolute atomic E-state index is 0.163. The molecule has 0 unspecified atom stereocenters. The van der Waals surface area contributed by atoms with Gasteiger partial charge in [0, 0.05) is 56.0 Å². The van der Waals surface area contributed by atoms with Gasteiger partial charge in [-0.25, -0.2) is 4.79 Å². The first-order valence-electron chi connectivity index (χ1n) is 8.83. The van der Waals surface area contributed by atoms with Crippen LogP contribution in [0, 0.1) is 0 Å². The van der Waals surface area contributed by atoms with E-state index in [4.69, 9.17) is 16.3 Å². The van der Waals surface area contributed by atoms with Gasteiger partial charge in [-0.15, -0.1) is 0 Å². The van der Waals surface area contributed by atoms with Crippen molar-refractivity contribution in [3.05, 3.63) is 29.3 Å². The van der Waals surface area contributed by atoms with Crippen LogP contribution in [0.4, 0.5) is 10.5 Å². The minimum Gasteiger partial charge on any atom is -0.450 e. The van der Waals surface area contributed by atoms with Crippen molar-refractivity contribution >= 4 is 23.4 Å². The Bertz CT molecular complexity index is 536. The molecule has 0 atom stereocenters. The van der Waals surface area contributed by atoms with Crippen LogP contribution in [-0.4, -0.2) is 67.8 Å². The summed E-state index contributed by atoms with van der Waals surface area (Å²) in [5, 5.41) is 0.783. The van der Waals surface area contributed by atoms with E-state index in [0.717, 1.165) is 57.1 Å². The second-order valence-corrected chi connectivity index (χ2v) is 6.85. The molecule has 1 amide bonds. The predicted octanol–water partition coefficient (Wildman–Crippen LogP) is 3.08. The predicted molar refractivity (Wildman–Crippen MR) is 96.9 cm³/mol. The number of benzene rings is 1. The Balaban J connectivity index is 1.46. The summed E-state index contributed by atoms with van der Waals surface area (Å²) < 4.78 is 5.09. The lowest BCUT2D eigenvalue weighted by Crippen LogP contribution is -2.53. The van der Waals surface area contributed by atoms with Crippen molar-refractivity contribution in [2.75, 3.05) is 50.8 Å². The third-order valence-corrected chi connectivity index (χ3v) is 5.26. The third-order valence-electron chi connectivity index (χ3n) is 5.01. The minimum atomic E-state index is -0.163. The Kier molecular flexibility index (Phi) is 5.85. The summed E-state index contributed by atoms with van der Waals surface area (Å²) in [7, 11) is 0. The van der Waals surface area contributed by atoms with E-state index >= 15 is 0 Å². The van der Waals surface area contributed by atoms with Crippen LogP contribution >= 0.6 is 11.6 Å². The first kappa shape index (κ1) is 17.4. The van der Waals surface area contributed by atoms with Gasteiger partial charge < -0.3 is 14.5 Å². The molecule has 3 rings (SSSR count). The Labute approximate surface area is 149 Å². The fourth-order valence-electron chi connectivity index (χ4n) is 3.63. The number of anilines is 1. The lowest BCUT2D eigenvalue weighted by molar-refractivity contribution is 0.0729. The number of hydrogen-bond acceptors (Lipinski definition) is 4. The van der Waals surface area contributed by atoms with Gasteiger partial charge in [0.2, 0.25) is 0 Å². The lowest BCUT2D eigenvalue weighted by atomic mass is 10.0. The van der Waals surface area contributed by atoms with E-state index in [1.807, 2.05) is 24.0 Å². The number of carbonyl (C=O) groups excluding carboxylic acids is 1. The summed E-state index contributed by atoms with van der Waals surface area (Å²) in [5.74, 6) is 0. The maximum Gasteiger partial charge on any atom is 0.409 e. The van der Waals surface area contributed by atoms with Crippen molar-refractivity contribution in [3.8, 4) is 0 Å². The fourth-order valence-corrected chi connectivity index (χ4v) is 3.75. The number of halogens is 1. The van der Waals surface area contributed by atoms with Crippen LogP contribution in [0.25, 0.3) is 0 Å². The zero-order valence-corrected chi connectivity index (χ0v) is 15.0. The number of nitrogens with zero attached hydrogens (tertiary/aromatic N) is 3. The summed E-state index contributed by atoms with van der Waals surface area (Å²) in [6.07, 6.45) is 1.92. The molecule has 0 bridgehead atoms. The van der Waals surface area contributed by atoms with E-state index in [0.29, 0.717) is 12.6 Å². The van der Waals surface area contributed by atoms with E-state index in [1.165, 1.54) is 5.69 Å². The first-order chi connectivity index (χ1) is 11.7. The maximum absolute atomic E-state index is 11.8. The highest BCUT2D eigenvalue weighted by Gasteiger charge is 2.29. The number of carbonyl (C=O) groups is 1. The average Bonchev–Trinajstić information content (AvgIpc) is 2.63. The van der Waals surface area contributed by atoms with Crippen LogP contribution < -0.4 is 4.90 Å². The highest BCUT2D eigenvalue weighted by atomic mass is 35.5. The first-order valence-corrected chi connectivity index (χ1v) is 9.21. The summed E-state index contributed by atoms with van der Waals surface area (Å²) in [6.45, 7) is 8.15. The molecule has 2 aliphatic heterocycles. The Morgan fingerprint density at radius 2 is 1.71 bits per heavy atom. The standard InChI is InChI=1S/C18H26ClN3O2/c1-2-24-18(23)22-9-7-17(8-10-22)21-13-11-20(12-14-21)16-5-3-15(19)4-6-16/h3-6,17H,2,7-14H2,1H3. The van der Waals surface area contributed by atoms with Gasteiger partial charge in [0.25, 0.3) is 0 Å². The summed E-state index contributed by atoms with van der Waals surface area (Å²) >= 11 is 5.97. The van der Waals surface area contributed by atoms with E-state index in [9.17, 15) is 4.79 Å². The molecular weight excluding hydrogens is 326 g/mol. The monoisotopic (exact) mass is 351 g/mol. The topological polar surface area (TPSA) is 36.0 Å². The molecule has 24 heavy (non-hydrogen) atoms. The second-order valence-electron chi connectivity index (χ2n) is 6.42. The SMILES string of the molecule is CCOC(=O)N1CCC(N2CCN(c3ccc(Cl)cc3)CC2)CC1. The van der Waals surface area contributed by atoms with Crippen molar-refractivity contribution < 1.29 is 9.53 Å². The van der Waals surface area contributed by atoms with E-state index < -0.39 is 0 Å². The molecule has 0 radical (unpaired) electrons. The molecular formula is C18H26ClN3O2. The van der Waals surface area contributed by atoms with Gasteiger partial charge >= 0.3 is 6.09 Å². The van der Waals surface area contributed by atoms with Crippen LogP contribution in [0.5, 0.6) is 0 Å². The molecule has 0 aromatic heterocycles. The van der Waals surface area contributed by atoms with Gasteiger partial charge in [-0.05, 0) is 44.0 Å². The zero-order valence-electron chi connectivity index (χ0n) is 14.3. The highest BCUT2D eigenvalue weighted by molar-refractivity contribution is 6.30. The normalized spacial score (nSPS) is 20.2. The van der Waals surface area contributed by atoms with Gasteiger partial charge in [-0.1, -0.05) is 11.6 Å². The smallest absolute Gasteiger partial charge is 0.409 e. The number of ether oxygens (including phenoxy) is 1. The number of piperazine rings is 1. The van der Waals surface area contributed by atoms with Crippen LogP contribution in [0.2, 0.25) is 5.02 Å². The van der Waals surface area contributed by atoms with E-state index in [2.05, 4.69) is 21.9 Å². The molecule has 1 aromatic carbocycles. The van der Waals surface area contributed by atoms with E-state index in [-0.39, 0.29) is 6.09 Å². The summed E-state index contributed by atoms with van der Waals surface area (Å²) in [6, 6.07) is 8.68. The molecule has 5 nitrogen and oxygen atoms in total. The van der Waals surface area contributed by atoms with E-state index in [1.54, 1.807) is 0 Å². The van der Waals surface area contributed by atoms with Crippen LogP contribution in [0.3, 0.4) is 0 Å². The van der Waals surface area contributed by atoms with Gasteiger partial charge in [0.05, 0.1) is 6.61 Å². The third kappa shape index (κ3) is 4.14. The van der Waals surface area contributed by atoms with Gasteiger partial charge in [0.15, 0.2) is 0 Å². The van der Waals surface area contributed by atoms with Crippen LogP contribution in [-0.2, 0) is 4.74 Å². The number of piperidine rings is 1. The van der Waals surface area contributed by atoms with Crippen molar-refractivity contribution in [1.82, 2.24) is 9.80 Å². The zero-order chi connectivity index (χ0) is 16.9. The number of amides is 1. The highest BCUT2D eigenvalue weighted by Crippen LogP contribution is 2.23. The number of hydrogen-bond donors (Lipinski definition) is 0. The molecule has 2 heterocycles. The molecule has 2 fully saturated rings. The van der Waals surface area contributed by atoms with Crippen molar-refractivity contribution in [3.63, 3.8) is 0 Å². The Hall–Kier alpha value is -1.46. The van der Waals surface area contributed by atoms with Crippen molar-refractivity contribution in [1.29, 1.82) is 0 Å². The van der Waals surface area contributed by atoms with Gasteiger partial charge in [-0.2, -0.15) is 0 Å². The maximum atomic E-state index is 11.8. The Morgan fingerprint density at radius 1 is 1.08 bits per heavy atom. The van der Waals surface area contributed by atoms with Crippen molar-refractivity contribution in [2.45, 2.75) is 25.8 Å². The number of rotatable bonds is 3. The molecule has 0 N–H and O–H groups in total. The lowest BCUT2D eigenvalue weighted by Gasteiger charge is -2.43. The Morgan fingerprint density at radius 3 is 2.29 bits per heavy atom. The largest absolute Gasteiger partial charge is 0.450 e. The quantitative estimate of drug-likeness (QED) is 0.838. The molecule has 1 aromatic rings. The van der Waals surface area contributed by atoms with Gasteiger partial charge in [-0.3, -0.25) is 4.90 Å². The van der Waals surface area contributed by atoms with Gasteiger partial charge in [0.1, 0.15) is 0 Å². The number of likely N-dealkylation sites (tertiary alicyclic amines) is 1. The second kappa shape index (κ2) is 8.08. The molecule has 0 saturated carbocycles. The molecule has 2 aliphatic rings. The summed E-state index contributed by atoms with van der Waals surface area (Å²) in [4.78, 5) is 18.6. The molecule has 132 valence electrons. The fraction of sp³-hybridized carbons (Fsp3) is 0.611. The molecule has 2 saturated heterocycles. The molecule has 6 heteroatoms. The summed E-state index contributed by atoms with van der Waals surface area (Å²) in [5.41, 5.74) is 1.25.